The van der Waals surface area contributed by atoms with Gasteiger partial charge in [-0.05, 0) is 55.4 Å². The van der Waals surface area contributed by atoms with E-state index >= 15 is 0 Å². The number of piperazine rings is 1. The Labute approximate surface area is 169 Å². The molecule has 0 unspecified atom stereocenters. The number of aryl methyl sites for hydroxylation is 2. The number of benzene rings is 1. The first-order valence-electron chi connectivity index (χ1n) is 9.31. The van der Waals surface area contributed by atoms with Crippen LogP contribution >= 0.6 is 12.2 Å². The molecule has 1 saturated heterocycles. The van der Waals surface area contributed by atoms with Crippen molar-refractivity contribution in [2.75, 3.05) is 26.2 Å². The van der Waals surface area contributed by atoms with Crippen molar-refractivity contribution in [3.63, 3.8) is 0 Å². The first kappa shape index (κ1) is 19.3. The van der Waals surface area contributed by atoms with Crippen LogP contribution < -0.4 is 4.90 Å². The highest BCUT2D eigenvalue weighted by atomic mass is 32.2. The Morgan fingerprint density at radius 1 is 1.14 bits per heavy atom. The smallest absolute Gasteiger partial charge is 0.243 e. The van der Waals surface area contributed by atoms with Crippen molar-refractivity contribution in [3.05, 3.63) is 58.5 Å². The van der Waals surface area contributed by atoms with Crippen molar-refractivity contribution >= 4 is 27.9 Å². The molecule has 3 heterocycles. The third kappa shape index (κ3) is 3.50. The molecule has 1 aromatic carbocycles. The number of quaternary nitrogens is 1. The number of sulfonamides is 1. The fourth-order valence-electron chi connectivity index (χ4n) is 3.61. The predicted octanol–water partition coefficient (Wildman–Crippen LogP) is 1.03. The van der Waals surface area contributed by atoms with Gasteiger partial charge in [-0.1, -0.05) is 18.2 Å². The van der Waals surface area contributed by atoms with Crippen molar-refractivity contribution in [2.45, 2.75) is 25.4 Å². The number of hydrogen-bond acceptors (Lipinski definition) is 4. The maximum Gasteiger partial charge on any atom is 0.243 e. The number of rotatable bonds is 4. The summed E-state index contributed by atoms with van der Waals surface area (Å²) in [5.74, 6) is 0. The largest absolute Gasteiger partial charge is 0.314 e. The Morgan fingerprint density at radius 3 is 2.61 bits per heavy atom. The molecule has 0 bridgehead atoms. The molecule has 1 fully saturated rings. The van der Waals surface area contributed by atoms with Crippen molar-refractivity contribution in [3.8, 4) is 0 Å². The van der Waals surface area contributed by atoms with Crippen LogP contribution in [0.25, 0.3) is 5.65 Å². The van der Waals surface area contributed by atoms with Gasteiger partial charge in [-0.25, -0.2) is 8.42 Å². The van der Waals surface area contributed by atoms with E-state index in [1.165, 1.54) is 4.90 Å². The zero-order valence-corrected chi connectivity index (χ0v) is 17.6. The highest BCUT2D eigenvalue weighted by Crippen LogP contribution is 2.21. The predicted molar refractivity (Wildman–Crippen MR) is 109 cm³/mol. The number of hydrogen-bond donors (Lipinski definition) is 1. The fraction of sp³-hybridized carbons (Fsp3) is 0.368. The number of pyridine rings is 1. The lowest BCUT2D eigenvalue weighted by atomic mass is 10.2. The van der Waals surface area contributed by atoms with Gasteiger partial charge in [0, 0.05) is 6.20 Å². The van der Waals surface area contributed by atoms with Crippen LogP contribution in [0, 0.1) is 18.6 Å². The van der Waals surface area contributed by atoms with Gasteiger partial charge in [-0.15, -0.1) is 5.10 Å². The molecule has 28 heavy (non-hydrogen) atoms. The Hall–Kier alpha value is -2.07. The lowest BCUT2D eigenvalue weighted by molar-refractivity contribution is -0.926. The van der Waals surface area contributed by atoms with E-state index in [9.17, 15) is 8.42 Å². The van der Waals surface area contributed by atoms with E-state index in [-0.39, 0.29) is 0 Å². The summed E-state index contributed by atoms with van der Waals surface area (Å²) in [4.78, 5) is 1.69. The first-order valence-corrected chi connectivity index (χ1v) is 11.2. The highest BCUT2D eigenvalue weighted by molar-refractivity contribution is 7.89. The van der Waals surface area contributed by atoms with Gasteiger partial charge in [0.05, 0.1) is 31.1 Å². The van der Waals surface area contributed by atoms with Crippen molar-refractivity contribution in [1.29, 1.82) is 0 Å². The Balaban J connectivity index is 1.47. The molecule has 3 aromatic rings. The van der Waals surface area contributed by atoms with Crippen LogP contribution in [0.3, 0.4) is 0 Å². The molecule has 0 saturated carbocycles. The topological polar surface area (TPSA) is 64.0 Å². The van der Waals surface area contributed by atoms with Crippen LogP contribution in [-0.2, 0) is 16.7 Å². The normalized spacial score (nSPS) is 16.6. The van der Waals surface area contributed by atoms with Gasteiger partial charge in [0.1, 0.15) is 0 Å². The highest BCUT2D eigenvalue weighted by Gasteiger charge is 2.31. The van der Waals surface area contributed by atoms with Gasteiger partial charge in [0.25, 0.3) is 0 Å². The van der Waals surface area contributed by atoms with Gasteiger partial charge in [0.15, 0.2) is 12.3 Å². The summed E-state index contributed by atoms with van der Waals surface area (Å²) in [6.45, 7) is 6.83. The molecule has 1 aliphatic rings. The molecule has 9 heteroatoms. The molecule has 2 aromatic heterocycles. The summed E-state index contributed by atoms with van der Waals surface area (Å²) in [6.07, 6.45) is 1.91. The Bertz CT molecular complexity index is 1170. The van der Waals surface area contributed by atoms with Crippen LogP contribution in [-0.4, -0.2) is 53.1 Å². The lowest BCUT2D eigenvalue weighted by Crippen LogP contribution is -3.14. The standard InChI is InChI=1S/C19H23N5O2S2/c1-15-6-7-16(2)17(13-15)28(25,26)22-11-9-21(10-12-22)14-24-19(27)23-8-4-3-5-18(23)20-24/h3-8,13H,9-12,14H2,1-2H3/p+1. The van der Waals surface area contributed by atoms with E-state index in [0.717, 1.165) is 29.9 Å². The Kier molecular flexibility index (Phi) is 5.09. The second-order valence-corrected chi connectivity index (χ2v) is 9.56. The van der Waals surface area contributed by atoms with Gasteiger partial charge in [-0.2, -0.15) is 8.99 Å². The van der Waals surface area contributed by atoms with Crippen LogP contribution in [0.5, 0.6) is 0 Å². The zero-order chi connectivity index (χ0) is 19.9. The molecular formula is C19H24N5O2S2+. The molecule has 0 aliphatic carbocycles. The number of nitrogens with one attached hydrogen (secondary N) is 1. The Morgan fingerprint density at radius 2 is 1.89 bits per heavy atom. The zero-order valence-electron chi connectivity index (χ0n) is 16.0. The van der Waals surface area contributed by atoms with Crippen molar-refractivity contribution in [1.82, 2.24) is 18.5 Å². The van der Waals surface area contributed by atoms with Crippen LogP contribution in [0.15, 0.2) is 47.5 Å². The maximum atomic E-state index is 13.1. The second kappa shape index (κ2) is 7.40. The molecule has 0 amide bonds. The summed E-state index contributed by atoms with van der Waals surface area (Å²) < 4.78 is 32.1. The summed E-state index contributed by atoms with van der Waals surface area (Å²) in [5.41, 5.74) is 2.56. The maximum absolute atomic E-state index is 13.1. The number of nitrogens with zero attached hydrogens (tertiary/aromatic N) is 4. The molecule has 148 valence electrons. The monoisotopic (exact) mass is 418 g/mol. The average molecular weight is 419 g/mol. The van der Waals surface area contributed by atoms with Gasteiger partial charge < -0.3 is 4.90 Å². The summed E-state index contributed by atoms with van der Waals surface area (Å²) in [5, 5.41) is 4.57. The van der Waals surface area contributed by atoms with E-state index in [1.54, 1.807) is 10.4 Å². The summed E-state index contributed by atoms with van der Waals surface area (Å²) in [6, 6.07) is 11.4. The summed E-state index contributed by atoms with van der Waals surface area (Å²) >= 11 is 5.51. The van der Waals surface area contributed by atoms with Crippen molar-refractivity contribution < 1.29 is 13.3 Å². The lowest BCUT2D eigenvalue weighted by Gasteiger charge is -2.31. The minimum absolute atomic E-state index is 0.415. The van der Waals surface area contributed by atoms with Gasteiger partial charge >= 0.3 is 0 Å². The molecular weight excluding hydrogens is 394 g/mol. The third-order valence-electron chi connectivity index (χ3n) is 5.25. The first-order chi connectivity index (χ1) is 13.4. The van der Waals surface area contributed by atoms with Crippen LogP contribution in [0.2, 0.25) is 0 Å². The van der Waals surface area contributed by atoms with E-state index < -0.39 is 10.0 Å². The SMILES string of the molecule is Cc1ccc(C)c(S(=O)(=O)N2CC[NH+](Cn3nc4ccccn4c3=S)CC2)c1. The molecule has 0 spiro atoms. The minimum atomic E-state index is -3.47. The third-order valence-corrected chi connectivity index (χ3v) is 7.70. The van der Waals surface area contributed by atoms with E-state index in [1.807, 2.05) is 59.5 Å². The minimum Gasteiger partial charge on any atom is -0.314 e. The number of aromatic nitrogens is 3. The number of fused-ring (bicyclic) bond motifs is 1. The molecule has 7 nitrogen and oxygen atoms in total. The quantitative estimate of drug-likeness (QED) is 0.643. The van der Waals surface area contributed by atoms with Crippen LogP contribution in [0.1, 0.15) is 11.1 Å². The molecule has 1 aliphatic heterocycles. The molecule has 4 rings (SSSR count). The molecule has 0 radical (unpaired) electrons. The molecule has 1 N–H and O–H groups in total. The van der Waals surface area contributed by atoms with Crippen LogP contribution in [0.4, 0.5) is 0 Å². The van der Waals surface area contributed by atoms with E-state index in [0.29, 0.717) is 29.4 Å². The van der Waals surface area contributed by atoms with Gasteiger partial charge in [-0.3, -0.25) is 4.40 Å². The van der Waals surface area contributed by atoms with Gasteiger partial charge in [0.2, 0.25) is 14.8 Å². The second-order valence-electron chi connectivity index (χ2n) is 7.29. The average Bonchev–Trinajstić information content (AvgIpc) is 3.00. The molecule has 0 atom stereocenters. The summed E-state index contributed by atoms with van der Waals surface area (Å²) in [7, 11) is -3.47. The fourth-order valence-corrected chi connectivity index (χ4v) is 5.62. The van der Waals surface area contributed by atoms with E-state index in [2.05, 4.69) is 5.10 Å². The van der Waals surface area contributed by atoms with Crippen molar-refractivity contribution in [2.24, 2.45) is 0 Å². The van der Waals surface area contributed by atoms with E-state index in [4.69, 9.17) is 12.2 Å².